The predicted octanol–water partition coefficient (Wildman–Crippen LogP) is 3.63. The Balaban J connectivity index is 2.41. The Hall–Kier alpha value is -1.06. The van der Waals surface area contributed by atoms with Crippen LogP contribution in [0.5, 0.6) is 5.75 Å². The molecule has 114 valence electrons. The molecule has 0 aromatic heterocycles. The largest absolute Gasteiger partial charge is 0.491 e. The van der Waals surface area contributed by atoms with Gasteiger partial charge in [-0.25, -0.2) is 0 Å². The summed E-state index contributed by atoms with van der Waals surface area (Å²) in [5.41, 5.74) is 1.29. The van der Waals surface area contributed by atoms with Crippen molar-refractivity contribution in [2.75, 3.05) is 19.8 Å². The van der Waals surface area contributed by atoms with Crippen LogP contribution in [0.1, 0.15) is 40.2 Å². The molecule has 0 saturated heterocycles. The molecular formula is C17H29NO2. The van der Waals surface area contributed by atoms with E-state index in [1.54, 1.807) is 0 Å². The summed E-state index contributed by atoms with van der Waals surface area (Å²) in [7, 11) is 0. The summed E-state index contributed by atoms with van der Waals surface area (Å²) in [5.74, 6) is 1.51. The van der Waals surface area contributed by atoms with Gasteiger partial charge in [0.2, 0.25) is 0 Å². The van der Waals surface area contributed by atoms with Gasteiger partial charge in [-0.05, 0) is 32.8 Å². The molecule has 0 saturated carbocycles. The SMILES string of the molecule is CC(C)COCCOc1ccccc1CNC(C)(C)C. The van der Waals surface area contributed by atoms with Crippen molar-refractivity contribution in [3.05, 3.63) is 29.8 Å². The zero-order valence-electron chi connectivity index (χ0n) is 13.5. The summed E-state index contributed by atoms with van der Waals surface area (Å²) in [4.78, 5) is 0. The first-order chi connectivity index (χ1) is 9.38. The van der Waals surface area contributed by atoms with Gasteiger partial charge in [0.05, 0.1) is 6.61 Å². The molecule has 0 unspecified atom stereocenters. The maximum Gasteiger partial charge on any atom is 0.123 e. The molecular weight excluding hydrogens is 250 g/mol. The van der Waals surface area contributed by atoms with Crippen LogP contribution in [0.4, 0.5) is 0 Å². The number of para-hydroxylation sites is 1. The van der Waals surface area contributed by atoms with Gasteiger partial charge in [0.25, 0.3) is 0 Å². The predicted molar refractivity (Wildman–Crippen MR) is 84.2 cm³/mol. The highest BCUT2D eigenvalue weighted by atomic mass is 16.5. The molecule has 20 heavy (non-hydrogen) atoms. The van der Waals surface area contributed by atoms with Crippen molar-refractivity contribution in [3.63, 3.8) is 0 Å². The summed E-state index contributed by atoms with van der Waals surface area (Å²) in [6, 6.07) is 8.16. The van der Waals surface area contributed by atoms with Crippen LogP contribution in [0.15, 0.2) is 24.3 Å². The fraction of sp³-hybridized carbons (Fsp3) is 0.647. The monoisotopic (exact) mass is 279 g/mol. The molecule has 1 aromatic carbocycles. The molecule has 0 bridgehead atoms. The van der Waals surface area contributed by atoms with Gasteiger partial charge in [-0.2, -0.15) is 0 Å². The summed E-state index contributed by atoms with van der Waals surface area (Å²) in [5, 5.41) is 3.48. The van der Waals surface area contributed by atoms with Crippen LogP contribution in [-0.4, -0.2) is 25.4 Å². The van der Waals surface area contributed by atoms with Crippen LogP contribution < -0.4 is 10.1 Å². The standard InChI is InChI=1S/C17H29NO2/c1-14(2)13-19-10-11-20-16-9-7-6-8-15(16)12-18-17(3,4)5/h6-9,14,18H,10-13H2,1-5H3. The number of nitrogens with one attached hydrogen (secondary N) is 1. The highest BCUT2D eigenvalue weighted by Gasteiger charge is 2.10. The number of hydrogen-bond acceptors (Lipinski definition) is 3. The molecule has 3 nitrogen and oxygen atoms in total. The molecule has 1 N–H and O–H groups in total. The maximum absolute atomic E-state index is 5.82. The van der Waals surface area contributed by atoms with Crippen molar-refractivity contribution in [2.24, 2.45) is 5.92 Å². The van der Waals surface area contributed by atoms with Gasteiger partial charge in [-0.3, -0.25) is 0 Å². The highest BCUT2D eigenvalue weighted by Crippen LogP contribution is 2.18. The van der Waals surface area contributed by atoms with E-state index >= 15 is 0 Å². The lowest BCUT2D eigenvalue weighted by Gasteiger charge is -2.21. The third kappa shape index (κ3) is 7.51. The first-order valence-electron chi connectivity index (χ1n) is 7.42. The molecule has 1 aromatic rings. The molecule has 0 aliphatic rings. The molecule has 0 spiro atoms. The quantitative estimate of drug-likeness (QED) is 0.737. The average molecular weight is 279 g/mol. The van der Waals surface area contributed by atoms with E-state index in [-0.39, 0.29) is 5.54 Å². The Bertz CT molecular complexity index is 383. The molecule has 0 atom stereocenters. The van der Waals surface area contributed by atoms with Crippen LogP contribution in [-0.2, 0) is 11.3 Å². The number of rotatable bonds is 8. The lowest BCUT2D eigenvalue weighted by atomic mass is 10.1. The molecule has 0 aliphatic heterocycles. The van der Waals surface area contributed by atoms with Crippen LogP contribution in [0.3, 0.4) is 0 Å². The lowest BCUT2D eigenvalue weighted by Crippen LogP contribution is -2.35. The van der Waals surface area contributed by atoms with Crippen molar-refractivity contribution in [1.29, 1.82) is 0 Å². The lowest BCUT2D eigenvalue weighted by molar-refractivity contribution is 0.0815. The summed E-state index contributed by atoms with van der Waals surface area (Å²) < 4.78 is 11.3. The molecule has 0 heterocycles. The van der Waals surface area contributed by atoms with Gasteiger partial charge in [0.1, 0.15) is 12.4 Å². The molecule has 0 fully saturated rings. The van der Waals surface area contributed by atoms with Crippen molar-refractivity contribution < 1.29 is 9.47 Å². The Morgan fingerprint density at radius 2 is 1.80 bits per heavy atom. The van der Waals surface area contributed by atoms with E-state index < -0.39 is 0 Å². The molecule has 0 radical (unpaired) electrons. The first kappa shape index (κ1) is 17.0. The van der Waals surface area contributed by atoms with Gasteiger partial charge in [0, 0.05) is 24.3 Å². The molecule has 0 amide bonds. The number of ether oxygens (including phenoxy) is 2. The smallest absolute Gasteiger partial charge is 0.123 e. The van der Waals surface area contributed by atoms with Crippen molar-refractivity contribution in [3.8, 4) is 5.75 Å². The average Bonchev–Trinajstić information content (AvgIpc) is 2.36. The molecule has 1 rings (SSSR count). The van der Waals surface area contributed by atoms with E-state index in [0.717, 1.165) is 18.9 Å². The van der Waals surface area contributed by atoms with E-state index in [0.29, 0.717) is 19.1 Å². The van der Waals surface area contributed by atoms with E-state index in [2.05, 4.69) is 46.0 Å². The minimum Gasteiger partial charge on any atom is -0.491 e. The van der Waals surface area contributed by atoms with Crippen molar-refractivity contribution in [1.82, 2.24) is 5.32 Å². The third-order valence-electron chi connectivity index (χ3n) is 2.72. The summed E-state index contributed by atoms with van der Waals surface area (Å²) in [6.45, 7) is 13.6. The van der Waals surface area contributed by atoms with Gasteiger partial charge in [0.15, 0.2) is 0 Å². The Morgan fingerprint density at radius 3 is 2.45 bits per heavy atom. The minimum atomic E-state index is 0.105. The van der Waals surface area contributed by atoms with Crippen LogP contribution in [0, 0.1) is 5.92 Å². The van der Waals surface area contributed by atoms with Crippen LogP contribution in [0.25, 0.3) is 0 Å². The van der Waals surface area contributed by atoms with E-state index in [1.165, 1.54) is 5.56 Å². The normalized spacial score (nSPS) is 11.9. The van der Waals surface area contributed by atoms with E-state index in [1.807, 2.05) is 18.2 Å². The van der Waals surface area contributed by atoms with Gasteiger partial charge >= 0.3 is 0 Å². The zero-order chi connectivity index (χ0) is 15.0. The van der Waals surface area contributed by atoms with E-state index in [4.69, 9.17) is 9.47 Å². The molecule has 3 heteroatoms. The second-order valence-electron chi connectivity index (χ2n) is 6.53. The minimum absolute atomic E-state index is 0.105. The van der Waals surface area contributed by atoms with E-state index in [9.17, 15) is 0 Å². The number of hydrogen-bond donors (Lipinski definition) is 1. The summed E-state index contributed by atoms with van der Waals surface area (Å²) >= 11 is 0. The van der Waals surface area contributed by atoms with Crippen molar-refractivity contribution >= 4 is 0 Å². The Morgan fingerprint density at radius 1 is 1.10 bits per heavy atom. The first-order valence-corrected chi connectivity index (χ1v) is 7.42. The fourth-order valence-electron chi connectivity index (χ4n) is 1.68. The van der Waals surface area contributed by atoms with Crippen LogP contribution in [0.2, 0.25) is 0 Å². The van der Waals surface area contributed by atoms with Gasteiger partial charge in [-0.1, -0.05) is 32.0 Å². The Labute approximate surface area is 123 Å². The second kappa shape index (κ2) is 8.28. The summed E-state index contributed by atoms with van der Waals surface area (Å²) in [6.07, 6.45) is 0. The molecule has 0 aliphatic carbocycles. The highest BCUT2D eigenvalue weighted by molar-refractivity contribution is 5.33. The fourth-order valence-corrected chi connectivity index (χ4v) is 1.68. The second-order valence-corrected chi connectivity index (χ2v) is 6.53. The third-order valence-corrected chi connectivity index (χ3v) is 2.72. The maximum atomic E-state index is 5.82. The number of benzene rings is 1. The van der Waals surface area contributed by atoms with Crippen molar-refractivity contribution in [2.45, 2.75) is 46.7 Å². The topological polar surface area (TPSA) is 30.5 Å². The van der Waals surface area contributed by atoms with Crippen LogP contribution >= 0.6 is 0 Å². The van der Waals surface area contributed by atoms with Gasteiger partial charge < -0.3 is 14.8 Å². The Kier molecular flexibility index (Phi) is 7.03. The van der Waals surface area contributed by atoms with Gasteiger partial charge in [-0.15, -0.1) is 0 Å². The zero-order valence-corrected chi connectivity index (χ0v) is 13.5.